The zero-order valence-electron chi connectivity index (χ0n) is 6.67. The van der Waals surface area contributed by atoms with Gasteiger partial charge in [-0.05, 0) is 41.0 Å². The molecule has 4 heteroatoms. The Balaban J connectivity index is 2.34. The van der Waals surface area contributed by atoms with E-state index in [1.54, 1.807) is 11.3 Å². The lowest BCUT2D eigenvalue weighted by Crippen LogP contribution is -2.21. The van der Waals surface area contributed by atoms with Crippen molar-refractivity contribution in [2.75, 3.05) is 13.2 Å². The maximum absolute atomic E-state index is 5.55. The Hall–Kier alpha value is 0.350. The summed E-state index contributed by atoms with van der Waals surface area (Å²) in [6.45, 7) is 3.38. The SMILES string of the molecule is CC1(c2sccc2I)OCCO1. The molecule has 2 heterocycles. The van der Waals surface area contributed by atoms with Gasteiger partial charge in [0.05, 0.1) is 18.1 Å². The standard InChI is InChI=1S/C8H9IO2S/c1-8(10-3-4-11-8)7-6(9)2-5-12-7/h2,5H,3-4H2,1H3. The minimum atomic E-state index is -0.481. The third-order valence-electron chi connectivity index (χ3n) is 1.87. The second-order valence-corrected chi connectivity index (χ2v) is 4.82. The molecule has 0 amide bonds. The van der Waals surface area contributed by atoms with Crippen molar-refractivity contribution >= 4 is 33.9 Å². The quantitative estimate of drug-likeness (QED) is 0.742. The van der Waals surface area contributed by atoms with Crippen LogP contribution in [0, 0.1) is 3.57 Å². The molecule has 12 heavy (non-hydrogen) atoms. The summed E-state index contributed by atoms with van der Waals surface area (Å²) in [6, 6.07) is 2.08. The van der Waals surface area contributed by atoms with Crippen molar-refractivity contribution in [3.8, 4) is 0 Å². The van der Waals surface area contributed by atoms with Crippen molar-refractivity contribution in [2.45, 2.75) is 12.7 Å². The van der Waals surface area contributed by atoms with Crippen molar-refractivity contribution in [2.24, 2.45) is 0 Å². The highest BCUT2D eigenvalue weighted by atomic mass is 127. The van der Waals surface area contributed by atoms with E-state index in [4.69, 9.17) is 9.47 Å². The molecule has 0 bridgehead atoms. The third-order valence-corrected chi connectivity index (χ3v) is 4.23. The van der Waals surface area contributed by atoms with E-state index in [0.29, 0.717) is 13.2 Å². The second kappa shape index (κ2) is 3.25. The van der Waals surface area contributed by atoms with Gasteiger partial charge >= 0.3 is 0 Å². The van der Waals surface area contributed by atoms with Crippen LogP contribution in [0.5, 0.6) is 0 Å². The number of thiophene rings is 1. The molecule has 0 saturated carbocycles. The van der Waals surface area contributed by atoms with Crippen LogP contribution in [0.1, 0.15) is 11.8 Å². The normalized spacial score (nSPS) is 21.5. The van der Waals surface area contributed by atoms with Crippen LogP contribution in [0.25, 0.3) is 0 Å². The van der Waals surface area contributed by atoms with Crippen LogP contribution in [0.2, 0.25) is 0 Å². The van der Waals surface area contributed by atoms with Gasteiger partial charge in [0.15, 0.2) is 0 Å². The number of halogens is 1. The maximum atomic E-state index is 5.55. The largest absolute Gasteiger partial charge is 0.343 e. The van der Waals surface area contributed by atoms with Crippen molar-refractivity contribution < 1.29 is 9.47 Å². The molecule has 0 radical (unpaired) electrons. The Morgan fingerprint density at radius 1 is 1.50 bits per heavy atom. The van der Waals surface area contributed by atoms with Crippen molar-refractivity contribution in [1.29, 1.82) is 0 Å². The van der Waals surface area contributed by atoms with E-state index >= 15 is 0 Å². The molecule has 66 valence electrons. The third kappa shape index (κ3) is 1.41. The molecule has 0 spiro atoms. The van der Waals surface area contributed by atoms with E-state index in [0.717, 1.165) is 0 Å². The average molecular weight is 296 g/mol. The van der Waals surface area contributed by atoms with E-state index in [-0.39, 0.29) is 0 Å². The summed E-state index contributed by atoms with van der Waals surface area (Å²) in [4.78, 5) is 1.18. The van der Waals surface area contributed by atoms with Gasteiger partial charge in [0, 0.05) is 3.57 Å². The molecule has 0 atom stereocenters. The average Bonchev–Trinajstić information content (AvgIpc) is 2.59. The van der Waals surface area contributed by atoms with Crippen LogP contribution >= 0.6 is 33.9 Å². The minimum absolute atomic E-state index is 0.481. The van der Waals surface area contributed by atoms with E-state index < -0.39 is 5.79 Å². The molecular weight excluding hydrogens is 287 g/mol. The molecule has 1 fully saturated rings. The summed E-state index contributed by atoms with van der Waals surface area (Å²) < 4.78 is 12.3. The van der Waals surface area contributed by atoms with Gasteiger partial charge < -0.3 is 9.47 Å². The van der Waals surface area contributed by atoms with Gasteiger partial charge in [-0.2, -0.15) is 0 Å². The fraction of sp³-hybridized carbons (Fsp3) is 0.500. The number of rotatable bonds is 1. The summed E-state index contributed by atoms with van der Waals surface area (Å²) in [5.41, 5.74) is 0. The Bertz CT molecular complexity index is 278. The number of hydrogen-bond donors (Lipinski definition) is 0. The Kier molecular flexibility index (Phi) is 2.42. The van der Waals surface area contributed by atoms with Crippen molar-refractivity contribution in [3.63, 3.8) is 0 Å². The van der Waals surface area contributed by atoms with Crippen LogP contribution in [-0.2, 0) is 15.3 Å². The monoisotopic (exact) mass is 296 g/mol. The fourth-order valence-corrected chi connectivity index (χ4v) is 3.41. The number of hydrogen-bond acceptors (Lipinski definition) is 3. The van der Waals surface area contributed by atoms with Gasteiger partial charge in [-0.3, -0.25) is 0 Å². The molecule has 1 saturated heterocycles. The Morgan fingerprint density at radius 3 is 2.67 bits per heavy atom. The molecule has 1 aromatic rings. The second-order valence-electron chi connectivity index (χ2n) is 2.74. The van der Waals surface area contributed by atoms with E-state index in [9.17, 15) is 0 Å². The summed E-state index contributed by atoms with van der Waals surface area (Å²) in [7, 11) is 0. The highest BCUT2D eigenvalue weighted by Gasteiger charge is 2.35. The van der Waals surface area contributed by atoms with Gasteiger partial charge in [-0.25, -0.2) is 0 Å². The Morgan fingerprint density at radius 2 is 2.17 bits per heavy atom. The molecule has 2 rings (SSSR count). The first-order chi connectivity index (χ1) is 5.72. The summed E-state index contributed by atoms with van der Waals surface area (Å²) in [5.74, 6) is -0.481. The molecule has 1 aromatic heterocycles. The maximum Gasteiger partial charge on any atom is 0.202 e. The van der Waals surface area contributed by atoms with E-state index in [1.165, 1.54) is 8.45 Å². The molecule has 1 aliphatic rings. The molecule has 1 aliphatic heterocycles. The van der Waals surface area contributed by atoms with Crippen LogP contribution in [0.4, 0.5) is 0 Å². The van der Waals surface area contributed by atoms with Crippen LogP contribution in [0.15, 0.2) is 11.4 Å². The first-order valence-electron chi connectivity index (χ1n) is 3.74. The molecule has 2 nitrogen and oxygen atoms in total. The molecular formula is C8H9IO2S. The highest BCUT2D eigenvalue weighted by Crippen LogP contribution is 2.36. The van der Waals surface area contributed by atoms with E-state index in [2.05, 4.69) is 34.0 Å². The summed E-state index contributed by atoms with van der Waals surface area (Å²) in [6.07, 6.45) is 0. The molecule has 0 unspecified atom stereocenters. The van der Waals surface area contributed by atoms with Crippen LogP contribution in [0.3, 0.4) is 0 Å². The zero-order valence-corrected chi connectivity index (χ0v) is 9.65. The predicted molar refractivity (Wildman–Crippen MR) is 56.3 cm³/mol. The molecule has 0 aromatic carbocycles. The molecule has 0 aliphatic carbocycles. The first-order valence-corrected chi connectivity index (χ1v) is 5.69. The number of ether oxygens (including phenoxy) is 2. The van der Waals surface area contributed by atoms with Crippen molar-refractivity contribution in [3.05, 3.63) is 19.9 Å². The summed E-state index contributed by atoms with van der Waals surface area (Å²) in [5, 5.41) is 2.06. The first kappa shape index (κ1) is 8.93. The van der Waals surface area contributed by atoms with Crippen molar-refractivity contribution in [1.82, 2.24) is 0 Å². The van der Waals surface area contributed by atoms with Crippen LogP contribution in [-0.4, -0.2) is 13.2 Å². The van der Waals surface area contributed by atoms with Crippen LogP contribution < -0.4 is 0 Å². The van der Waals surface area contributed by atoms with E-state index in [1.807, 2.05) is 6.92 Å². The lowest BCUT2D eigenvalue weighted by molar-refractivity contribution is -0.147. The zero-order chi connectivity index (χ0) is 8.60. The topological polar surface area (TPSA) is 18.5 Å². The minimum Gasteiger partial charge on any atom is -0.343 e. The van der Waals surface area contributed by atoms with Gasteiger partial charge in [0.1, 0.15) is 0 Å². The van der Waals surface area contributed by atoms with Gasteiger partial charge in [0.25, 0.3) is 0 Å². The van der Waals surface area contributed by atoms with Gasteiger partial charge in [-0.15, -0.1) is 11.3 Å². The summed E-state index contributed by atoms with van der Waals surface area (Å²) >= 11 is 3.99. The van der Waals surface area contributed by atoms with Gasteiger partial charge in [-0.1, -0.05) is 0 Å². The smallest absolute Gasteiger partial charge is 0.202 e. The molecule has 0 N–H and O–H groups in total. The fourth-order valence-electron chi connectivity index (χ4n) is 1.26. The Labute approximate surface area is 89.0 Å². The predicted octanol–water partition coefficient (Wildman–Crippen LogP) is 2.57. The lowest BCUT2D eigenvalue weighted by Gasteiger charge is -2.20. The van der Waals surface area contributed by atoms with Gasteiger partial charge in [0.2, 0.25) is 5.79 Å². The highest BCUT2D eigenvalue weighted by molar-refractivity contribution is 14.1. The lowest BCUT2D eigenvalue weighted by atomic mass is 10.3.